The molecule has 3 unspecified atom stereocenters. The van der Waals surface area contributed by atoms with E-state index < -0.39 is 35.7 Å². The molecule has 0 aliphatic carbocycles. The number of carboxylic acids is 3. The van der Waals surface area contributed by atoms with Crippen LogP contribution in [0.2, 0.25) is 0 Å². The maximum absolute atomic E-state index is 11.0. The second-order valence-electron chi connectivity index (χ2n) is 8.50. The zero-order valence-electron chi connectivity index (χ0n) is 23.2. The molecule has 0 saturated carbocycles. The summed E-state index contributed by atoms with van der Waals surface area (Å²) in [7, 11) is 0. The third-order valence-electron chi connectivity index (χ3n) is 5.60. The Morgan fingerprint density at radius 1 is 0.459 bits per heavy atom. The number of hydrogen-bond donors (Lipinski definition) is 0. The molecule has 1 radical (unpaired) electrons. The van der Waals surface area contributed by atoms with Crippen molar-refractivity contribution in [2.24, 2.45) is 17.8 Å². The molecule has 10 heteroatoms. The number of carbonyl (C=O) groups excluding carboxylic acids is 6. The van der Waals surface area contributed by atoms with Gasteiger partial charge < -0.3 is 29.7 Å². The molecule has 3 atom stereocenters. The molecule has 0 N–H and O–H groups in total. The minimum Gasteiger partial charge on any atom is -0.549 e. The molecule has 0 spiro atoms. The van der Waals surface area contributed by atoms with Gasteiger partial charge in [0, 0.05) is 19.3 Å². The molecule has 0 aliphatic heterocycles. The van der Waals surface area contributed by atoms with Gasteiger partial charge in [0.15, 0.2) is 0 Å². The van der Waals surface area contributed by atoms with Crippen LogP contribution in [0, 0.1) is 17.8 Å². The van der Waals surface area contributed by atoms with E-state index >= 15 is 0 Å². The first-order valence-corrected chi connectivity index (χ1v) is 13.1. The van der Waals surface area contributed by atoms with Crippen LogP contribution in [-0.4, -0.2) is 35.3 Å². The largest absolute Gasteiger partial charge is 3.00 e. The summed E-state index contributed by atoms with van der Waals surface area (Å²) in [5.41, 5.74) is 0. The third kappa shape index (κ3) is 21.7. The topological polar surface area (TPSA) is 172 Å². The van der Waals surface area contributed by atoms with Crippen LogP contribution in [-0.2, 0) is 45.8 Å². The fourth-order valence-corrected chi connectivity index (χ4v) is 3.19. The van der Waals surface area contributed by atoms with Crippen molar-refractivity contribution in [2.75, 3.05) is 0 Å². The monoisotopic (exact) mass is 569 g/mol. The van der Waals surface area contributed by atoms with Crippen molar-refractivity contribution in [3.8, 4) is 0 Å². The Bertz CT molecular complexity index is 586. The number of hydrogen-bond acceptors (Lipinski definition) is 9. The Kier molecular flexibility index (Phi) is 30.7. The molecule has 9 nitrogen and oxygen atoms in total. The molecule has 37 heavy (non-hydrogen) atoms. The van der Waals surface area contributed by atoms with Crippen LogP contribution in [0.3, 0.4) is 0 Å². The van der Waals surface area contributed by atoms with Crippen molar-refractivity contribution < 1.29 is 61.2 Å². The van der Waals surface area contributed by atoms with Gasteiger partial charge in [-0.25, -0.2) is 0 Å². The summed E-state index contributed by atoms with van der Waals surface area (Å²) < 4.78 is 0. The fraction of sp³-hybridized carbons (Fsp3) is 0.778. The van der Waals surface area contributed by atoms with Gasteiger partial charge in [-0.15, -0.1) is 0 Å². The van der Waals surface area contributed by atoms with Gasteiger partial charge in [0.1, 0.15) is 17.3 Å². The number of aliphatic carboxylic acids is 3. The first-order chi connectivity index (χ1) is 16.9. The van der Waals surface area contributed by atoms with Gasteiger partial charge in [0.2, 0.25) is 0 Å². The van der Waals surface area contributed by atoms with Crippen LogP contribution >= 0.6 is 0 Å². The van der Waals surface area contributed by atoms with E-state index in [4.69, 9.17) is 0 Å². The van der Waals surface area contributed by atoms with Crippen molar-refractivity contribution >= 4 is 35.3 Å². The Morgan fingerprint density at radius 3 is 0.757 bits per heavy atom. The van der Waals surface area contributed by atoms with Crippen molar-refractivity contribution in [1.82, 2.24) is 0 Å². The summed E-state index contributed by atoms with van der Waals surface area (Å²) in [4.78, 5) is 64.5. The molecule has 215 valence electrons. The average Bonchev–Trinajstić information content (AvgIpc) is 2.84. The summed E-state index contributed by atoms with van der Waals surface area (Å²) in [6, 6.07) is 0. The number of carbonyl (C=O) groups is 6. The Labute approximate surface area is 232 Å². The van der Waals surface area contributed by atoms with Crippen molar-refractivity contribution in [3.05, 3.63) is 0 Å². The smallest absolute Gasteiger partial charge is 0.549 e. The molecule has 0 rings (SSSR count). The van der Waals surface area contributed by atoms with Gasteiger partial charge in [-0.1, -0.05) is 80.1 Å². The molecular formula is C27H45FeO9. The summed E-state index contributed by atoms with van der Waals surface area (Å²) >= 11 is 0. The van der Waals surface area contributed by atoms with Gasteiger partial charge in [-0.05, 0) is 19.3 Å². The zero-order valence-corrected chi connectivity index (χ0v) is 24.3. The van der Waals surface area contributed by atoms with Crippen LogP contribution in [0.5, 0.6) is 0 Å². The second kappa shape index (κ2) is 27.0. The number of carboxylic acid groups (broad SMARTS) is 3. The molecule has 0 heterocycles. The van der Waals surface area contributed by atoms with Gasteiger partial charge in [-0.2, -0.15) is 0 Å². The standard InChI is InChI=1S/3C9H16O3.Fe/c3*1-3-5-6-7(9(11)12)8(10)4-2;/h3*7H,3-6H2,1-2H3,(H,11,12);/q;;;+3/p-3. The zero-order chi connectivity index (χ0) is 28.7. The molecule has 0 fully saturated rings. The van der Waals surface area contributed by atoms with Crippen LogP contribution in [0.4, 0.5) is 0 Å². The average molecular weight is 569 g/mol. The van der Waals surface area contributed by atoms with E-state index in [1.165, 1.54) is 0 Å². The fourth-order valence-electron chi connectivity index (χ4n) is 3.19. The van der Waals surface area contributed by atoms with E-state index in [2.05, 4.69) is 0 Å². The van der Waals surface area contributed by atoms with Crippen molar-refractivity contribution in [2.45, 2.75) is 119 Å². The van der Waals surface area contributed by atoms with E-state index in [0.29, 0.717) is 19.3 Å². The molecule has 0 aliphatic rings. The van der Waals surface area contributed by atoms with E-state index in [-0.39, 0.29) is 53.7 Å². The molecule has 0 aromatic rings. The van der Waals surface area contributed by atoms with E-state index in [1.807, 2.05) is 20.8 Å². The summed E-state index contributed by atoms with van der Waals surface area (Å²) in [6.45, 7) is 10.9. The van der Waals surface area contributed by atoms with Gasteiger partial charge in [0.25, 0.3) is 0 Å². The van der Waals surface area contributed by atoms with Crippen LogP contribution in [0.15, 0.2) is 0 Å². The van der Waals surface area contributed by atoms with Crippen LogP contribution < -0.4 is 15.3 Å². The molecule has 0 bridgehead atoms. The van der Waals surface area contributed by atoms with Gasteiger partial charge in [-0.3, -0.25) is 14.4 Å². The Balaban J connectivity index is -0.000000218. The Morgan fingerprint density at radius 2 is 0.649 bits per heavy atom. The maximum Gasteiger partial charge on any atom is 3.00 e. The number of Topliss-reactive ketones (excluding diaryl/α,β-unsaturated/α-hetero) is 3. The molecule has 0 aromatic carbocycles. The van der Waals surface area contributed by atoms with Crippen molar-refractivity contribution in [3.63, 3.8) is 0 Å². The normalized spacial score (nSPS) is 12.2. The molecule has 0 saturated heterocycles. The second-order valence-corrected chi connectivity index (χ2v) is 8.50. The van der Waals surface area contributed by atoms with E-state index in [9.17, 15) is 44.1 Å². The minimum atomic E-state index is -1.23. The van der Waals surface area contributed by atoms with Gasteiger partial charge in [0.05, 0.1) is 35.7 Å². The first-order valence-electron chi connectivity index (χ1n) is 13.1. The Hall–Kier alpha value is -2.06. The summed E-state index contributed by atoms with van der Waals surface area (Å²) in [5, 5.41) is 31.4. The first kappa shape index (κ1) is 42.0. The van der Waals surface area contributed by atoms with Crippen LogP contribution in [0.25, 0.3) is 0 Å². The van der Waals surface area contributed by atoms with E-state index in [0.717, 1.165) is 38.5 Å². The predicted octanol–water partition coefficient (Wildman–Crippen LogP) is 1.56. The van der Waals surface area contributed by atoms with E-state index in [1.54, 1.807) is 20.8 Å². The number of unbranched alkanes of at least 4 members (excludes halogenated alkanes) is 3. The minimum absolute atomic E-state index is 0. The summed E-state index contributed by atoms with van der Waals surface area (Å²) in [5.74, 6) is -6.98. The summed E-state index contributed by atoms with van der Waals surface area (Å²) in [6.07, 6.45) is 7.12. The van der Waals surface area contributed by atoms with Crippen molar-refractivity contribution in [1.29, 1.82) is 0 Å². The predicted molar refractivity (Wildman–Crippen MR) is 130 cm³/mol. The molecule has 0 aromatic heterocycles. The molecule has 0 amide bonds. The SMILES string of the molecule is CCCCC(C(=O)[O-])C(=O)CC.CCCCC(C(=O)[O-])C(=O)CC.CCCCC(C(=O)[O-])C(=O)CC.[Fe+3]. The third-order valence-corrected chi connectivity index (χ3v) is 5.60. The maximum atomic E-state index is 11.0. The molecular weight excluding hydrogens is 524 g/mol. The van der Waals surface area contributed by atoms with Gasteiger partial charge >= 0.3 is 17.1 Å². The quantitative estimate of drug-likeness (QED) is 0.175. The number of ketones is 3. The van der Waals surface area contributed by atoms with Crippen LogP contribution in [0.1, 0.15) is 119 Å². The number of rotatable bonds is 18.